The summed E-state index contributed by atoms with van der Waals surface area (Å²) in [4.78, 5) is 41.3. The highest BCUT2D eigenvalue weighted by atomic mass is 19.1. The first-order valence-corrected chi connectivity index (χ1v) is 9.77. The quantitative estimate of drug-likeness (QED) is 0.420. The molecule has 12 heteroatoms. The van der Waals surface area contributed by atoms with Crippen LogP contribution in [0.4, 0.5) is 9.18 Å². The third-order valence-electron chi connectivity index (χ3n) is 3.96. The number of rotatable bonds is 10. The lowest BCUT2D eigenvalue weighted by Gasteiger charge is -2.20. The first-order chi connectivity index (χ1) is 14.6. The smallest absolute Gasteiger partial charge is 0.407 e. The molecule has 11 nitrogen and oxygen atoms in total. The lowest BCUT2D eigenvalue weighted by molar-refractivity contribution is -0.122. The van der Waals surface area contributed by atoms with Gasteiger partial charge >= 0.3 is 6.09 Å². The van der Waals surface area contributed by atoms with Crippen molar-refractivity contribution in [3.05, 3.63) is 36.2 Å². The molecule has 2 rings (SSSR count). The standard InChI is InChI=1S/C19H26FN7O4/c1-19(2,3)31-18(30)21-9-5-4-6-14(15(28)11-27-24-12-23-26-27)25-17(29)13-7-8-16(20)22-10-13/h7-8,10,12,14H,4-6,9,11H2,1-3H3,(H,21,30)(H,25,29)/t14-/m0/s1. The van der Waals surface area contributed by atoms with E-state index >= 15 is 0 Å². The summed E-state index contributed by atoms with van der Waals surface area (Å²) in [6, 6.07) is 1.51. The van der Waals surface area contributed by atoms with Crippen LogP contribution in [0.25, 0.3) is 0 Å². The molecule has 1 atom stereocenters. The number of tetrazole rings is 1. The number of alkyl carbamates (subject to hydrolysis) is 1. The van der Waals surface area contributed by atoms with E-state index in [0.717, 1.165) is 17.1 Å². The van der Waals surface area contributed by atoms with E-state index in [9.17, 15) is 18.8 Å². The van der Waals surface area contributed by atoms with Crippen molar-refractivity contribution in [2.75, 3.05) is 6.54 Å². The number of nitrogens with zero attached hydrogens (tertiary/aromatic N) is 5. The molecule has 31 heavy (non-hydrogen) atoms. The number of aromatic nitrogens is 5. The molecule has 2 amide bonds. The zero-order chi connectivity index (χ0) is 22.9. The van der Waals surface area contributed by atoms with Gasteiger partial charge in [-0.25, -0.2) is 9.78 Å². The Labute approximate surface area is 178 Å². The predicted octanol–water partition coefficient (Wildman–Crippen LogP) is 1.27. The number of ketones is 1. The van der Waals surface area contributed by atoms with Gasteiger partial charge in [0, 0.05) is 12.7 Å². The number of pyridine rings is 1. The number of halogens is 1. The summed E-state index contributed by atoms with van der Waals surface area (Å²) in [6.45, 7) is 5.50. The van der Waals surface area contributed by atoms with Crippen molar-refractivity contribution in [1.82, 2.24) is 35.8 Å². The lowest BCUT2D eigenvalue weighted by atomic mass is 10.0. The van der Waals surface area contributed by atoms with Crippen molar-refractivity contribution in [3.8, 4) is 0 Å². The Bertz CT molecular complexity index is 866. The highest BCUT2D eigenvalue weighted by molar-refractivity contribution is 5.97. The highest BCUT2D eigenvalue weighted by Crippen LogP contribution is 2.08. The monoisotopic (exact) mass is 435 g/mol. The van der Waals surface area contributed by atoms with Gasteiger partial charge in [-0.05, 0) is 57.4 Å². The number of ether oxygens (including phenoxy) is 1. The summed E-state index contributed by atoms with van der Waals surface area (Å²) in [5, 5.41) is 16.3. The minimum absolute atomic E-state index is 0.129. The molecular weight excluding hydrogens is 409 g/mol. The Morgan fingerprint density at radius 1 is 1.23 bits per heavy atom. The predicted molar refractivity (Wildman–Crippen MR) is 106 cm³/mol. The summed E-state index contributed by atoms with van der Waals surface area (Å²) in [5.41, 5.74) is -0.457. The van der Waals surface area contributed by atoms with E-state index in [1.54, 1.807) is 20.8 Å². The molecule has 2 heterocycles. The number of carbonyl (C=O) groups is 3. The molecule has 2 aromatic rings. The number of unbranched alkanes of at least 4 members (excludes halogenated alkanes) is 1. The topological polar surface area (TPSA) is 141 Å². The Balaban J connectivity index is 1.89. The van der Waals surface area contributed by atoms with Gasteiger partial charge in [-0.15, -0.1) is 10.2 Å². The van der Waals surface area contributed by atoms with Gasteiger partial charge in [0.05, 0.1) is 11.6 Å². The SMILES string of the molecule is CC(C)(C)OC(=O)NCCCC[C@H](NC(=O)c1ccc(F)nc1)C(=O)Cn1ncnn1. The fourth-order valence-electron chi connectivity index (χ4n) is 2.55. The van der Waals surface area contributed by atoms with E-state index < -0.39 is 29.6 Å². The molecule has 0 aromatic carbocycles. The Hall–Kier alpha value is -3.44. The number of nitrogens with one attached hydrogen (secondary N) is 2. The van der Waals surface area contributed by atoms with Crippen LogP contribution in [0.15, 0.2) is 24.7 Å². The molecule has 0 aliphatic carbocycles. The number of Topliss-reactive ketones (excluding diaryl/α,β-unsaturated/α-hetero) is 1. The fourth-order valence-corrected chi connectivity index (χ4v) is 2.55. The molecule has 0 fully saturated rings. The van der Waals surface area contributed by atoms with Gasteiger partial charge in [0.1, 0.15) is 12.1 Å². The van der Waals surface area contributed by atoms with Crippen molar-refractivity contribution in [2.45, 2.75) is 58.2 Å². The average molecular weight is 435 g/mol. The Morgan fingerprint density at radius 3 is 2.61 bits per heavy atom. The summed E-state index contributed by atoms with van der Waals surface area (Å²) in [5.74, 6) is -1.58. The number of hydrogen-bond acceptors (Lipinski definition) is 8. The van der Waals surface area contributed by atoms with Crippen LogP contribution in [0.2, 0.25) is 0 Å². The molecule has 0 saturated carbocycles. The van der Waals surface area contributed by atoms with Crippen molar-refractivity contribution in [1.29, 1.82) is 0 Å². The third kappa shape index (κ3) is 8.84. The van der Waals surface area contributed by atoms with Crippen LogP contribution < -0.4 is 10.6 Å². The Kier molecular flexibility index (Phi) is 8.53. The molecule has 0 radical (unpaired) electrons. The maximum atomic E-state index is 13.0. The first kappa shape index (κ1) is 23.8. The van der Waals surface area contributed by atoms with Gasteiger partial charge in [-0.1, -0.05) is 0 Å². The molecule has 0 bridgehead atoms. The largest absolute Gasteiger partial charge is 0.444 e. The molecule has 0 unspecified atom stereocenters. The molecule has 168 valence electrons. The zero-order valence-electron chi connectivity index (χ0n) is 17.7. The molecule has 0 spiro atoms. The maximum absolute atomic E-state index is 13.0. The molecule has 0 aliphatic rings. The van der Waals surface area contributed by atoms with E-state index in [1.807, 2.05) is 0 Å². The van der Waals surface area contributed by atoms with Crippen molar-refractivity contribution < 1.29 is 23.5 Å². The van der Waals surface area contributed by atoms with Crippen LogP contribution in [-0.2, 0) is 16.1 Å². The summed E-state index contributed by atoms with van der Waals surface area (Å²) < 4.78 is 18.1. The van der Waals surface area contributed by atoms with Crippen LogP contribution >= 0.6 is 0 Å². The van der Waals surface area contributed by atoms with Gasteiger partial charge < -0.3 is 15.4 Å². The average Bonchev–Trinajstić information content (AvgIpc) is 3.18. The molecule has 0 aliphatic heterocycles. The van der Waals surface area contributed by atoms with Gasteiger partial charge in [0.2, 0.25) is 5.95 Å². The lowest BCUT2D eigenvalue weighted by Crippen LogP contribution is -2.42. The van der Waals surface area contributed by atoms with Crippen LogP contribution in [0, 0.1) is 5.95 Å². The van der Waals surface area contributed by atoms with E-state index in [4.69, 9.17) is 4.74 Å². The molecule has 2 N–H and O–H groups in total. The minimum Gasteiger partial charge on any atom is -0.444 e. The fraction of sp³-hybridized carbons (Fsp3) is 0.526. The molecular formula is C19H26FN7O4. The van der Waals surface area contributed by atoms with E-state index in [-0.39, 0.29) is 17.9 Å². The van der Waals surface area contributed by atoms with Crippen molar-refractivity contribution in [3.63, 3.8) is 0 Å². The second-order valence-corrected chi connectivity index (χ2v) is 7.75. The van der Waals surface area contributed by atoms with Gasteiger partial charge in [-0.3, -0.25) is 9.59 Å². The normalized spacial score (nSPS) is 12.1. The Morgan fingerprint density at radius 2 is 2.00 bits per heavy atom. The highest BCUT2D eigenvalue weighted by Gasteiger charge is 2.22. The van der Waals surface area contributed by atoms with Gasteiger partial charge in [0.25, 0.3) is 5.91 Å². The summed E-state index contributed by atoms with van der Waals surface area (Å²) >= 11 is 0. The second-order valence-electron chi connectivity index (χ2n) is 7.75. The van der Waals surface area contributed by atoms with Crippen molar-refractivity contribution in [2.24, 2.45) is 0 Å². The molecule has 0 saturated heterocycles. The second kappa shape index (κ2) is 11.1. The van der Waals surface area contributed by atoms with Gasteiger partial charge in [0.15, 0.2) is 12.1 Å². The zero-order valence-corrected chi connectivity index (χ0v) is 17.7. The number of carbonyl (C=O) groups excluding carboxylic acids is 3. The third-order valence-corrected chi connectivity index (χ3v) is 3.96. The van der Waals surface area contributed by atoms with Crippen LogP contribution in [0.5, 0.6) is 0 Å². The molecule has 2 aromatic heterocycles. The number of amides is 2. The summed E-state index contributed by atoms with van der Waals surface area (Å²) in [7, 11) is 0. The first-order valence-electron chi connectivity index (χ1n) is 9.77. The van der Waals surface area contributed by atoms with Crippen molar-refractivity contribution >= 4 is 17.8 Å². The van der Waals surface area contributed by atoms with Crippen LogP contribution in [-0.4, -0.2) is 61.2 Å². The summed E-state index contributed by atoms with van der Waals surface area (Å²) in [6.07, 6.45) is 3.21. The number of hydrogen-bond donors (Lipinski definition) is 2. The van der Waals surface area contributed by atoms with Gasteiger partial charge in [-0.2, -0.15) is 9.19 Å². The maximum Gasteiger partial charge on any atom is 0.407 e. The minimum atomic E-state index is -0.829. The van der Waals surface area contributed by atoms with Crippen LogP contribution in [0.3, 0.4) is 0 Å². The van der Waals surface area contributed by atoms with E-state index in [0.29, 0.717) is 25.8 Å². The van der Waals surface area contributed by atoms with E-state index in [2.05, 4.69) is 31.0 Å². The van der Waals surface area contributed by atoms with Crippen LogP contribution in [0.1, 0.15) is 50.4 Å². The van der Waals surface area contributed by atoms with E-state index in [1.165, 1.54) is 12.4 Å².